The Labute approximate surface area is 209 Å². The van der Waals surface area contributed by atoms with Crippen LogP contribution < -0.4 is 9.47 Å². The summed E-state index contributed by atoms with van der Waals surface area (Å²) in [4.78, 5) is 30.9. The van der Waals surface area contributed by atoms with E-state index in [0.29, 0.717) is 36.6 Å². The summed E-state index contributed by atoms with van der Waals surface area (Å²) in [5, 5.41) is 1.98. The summed E-state index contributed by atoms with van der Waals surface area (Å²) in [6.07, 6.45) is 0.616. The maximum absolute atomic E-state index is 13.5. The highest BCUT2D eigenvalue weighted by Gasteiger charge is 2.25. The normalized spacial score (nSPS) is 10.8. The predicted molar refractivity (Wildman–Crippen MR) is 136 cm³/mol. The van der Waals surface area contributed by atoms with Crippen molar-refractivity contribution in [3.05, 3.63) is 81.8 Å². The maximum atomic E-state index is 13.5. The molecule has 0 N–H and O–H groups in total. The van der Waals surface area contributed by atoms with Gasteiger partial charge in [-0.2, -0.15) is 0 Å². The average molecular weight is 499 g/mol. The number of ether oxygens (including phenoxy) is 2. The van der Waals surface area contributed by atoms with Crippen LogP contribution in [0.2, 0.25) is 0 Å². The molecular formula is C27H31FN2O4S. The molecule has 0 radical (unpaired) electrons. The molecule has 0 bridgehead atoms. The van der Waals surface area contributed by atoms with Gasteiger partial charge in [-0.1, -0.05) is 12.1 Å². The number of hydrogen-bond acceptors (Lipinski definition) is 5. The summed E-state index contributed by atoms with van der Waals surface area (Å²) in [6.45, 7) is 4.60. The quantitative estimate of drug-likeness (QED) is 0.372. The first kappa shape index (κ1) is 26.2. The van der Waals surface area contributed by atoms with Crippen molar-refractivity contribution in [3.8, 4) is 11.5 Å². The van der Waals surface area contributed by atoms with Gasteiger partial charge < -0.3 is 19.3 Å². The van der Waals surface area contributed by atoms with Crippen molar-refractivity contribution < 1.29 is 23.5 Å². The Morgan fingerprint density at radius 3 is 2.31 bits per heavy atom. The van der Waals surface area contributed by atoms with Crippen LogP contribution in [-0.4, -0.2) is 55.0 Å². The average Bonchev–Trinajstić information content (AvgIpc) is 3.37. The van der Waals surface area contributed by atoms with Crippen molar-refractivity contribution in [2.75, 3.05) is 27.3 Å². The molecule has 8 heteroatoms. The van der Waals surface area contributed by atoms with Gasteiger partial charge in [-0.05, 0) is 73.7 Å². The van der Waals surface area contributed by atoms with Gasteiger partial charge >= 0.3 is 0 Å². The number of thiophene rings is 1. The molecule has 0 spiro atoms. The van der Waals surface area contributed by atoms with Crippen molar-refractivity contribution >= 4 is 23.2 Å². The van der Waals surface area contributed by atoms with Gasteiger partial charge in [0.15, 0.2) is 11.5 Å². The van der Waals surface area contributed by atoms with Crippen LogP contribution in [0.25, 0.3) is 0 Å². The van der Waals surface area contributed by atoms with E-state index < -0.39 is 5.82 Å². The summed E-state index contributed by atoms with van der Waals surface area (Å²) in [7, 11) is 3.18. The molecule has 2 aromatic carbocycles. The molecule has 0 atom stereocenters. The number of carbonyl (C=O) groups excluding carboxylic acids is 2. The van der Waals surface area contributed by atoms with Crippen LogP contribution in [0, 0.1) is 5.82 Å². The van der Waals surface area contributed by atoms with Crippen LogP contribution in [0.1, 0.15) is 34.6 Å². The van der Waals surface area contributed by atoms with Crippen LogP contribution in [0.5, 0.6) is 11.5 Å². The van der Waals surface area contributed by atoms with Crippen LogP contribution >= 0.6 is 11.3 Å². The number of halogens is 1. The lowest BCUT2D eigenvalue weighted by Gasteiger charge is -2.30. The fourth-order valence-electron chi connectivity index (χ4n) is 3.68. The van der Waals surface area contributed by atoms with E-state index in [1.807, 2.05) is 49.6 Å². The Bertz CT molecular complexity index is 1120. The van der Waals surface area contributed by atoms with Gasteiger partial charge in [-0.15, -0.1) is 11.3 Å². The Kier molecular flexibility index (Phi) is 9.25. The van der Waals surface area contributed by atoms with Crippen LogP contribution in [-0.2, 0) is 17.8 Å². The Balaban J connectivity index is 1.76. The highest BCUT2D eigenvalue weighted by atomic mass is 32.1. The molecule has 2 amide bonds. The Hall–Kier alpha value is -3.39. The summed E-state index contributed by atoms with van der Waals surface area (Å²) in [6, 6.07) is 14.8. The number of amides is 2. The van der Waals surface area contributed by atoms with E-state index in [4.69, 9.17) is 9.47 Å². The Morgan fingerprint density at radius 1 is 1.00 bits per heavy atom. The number of hydrogen-bond donors (Lipinski definition) is 0. The van der Waals surface area contributed by atoms with E-state index in [1.54, 1.807) is 30.5 Å². The number of carbonyl (C=O) groups is 2. The molecule has 1 heterocycles. The van der Waals surface area contributed by atoms with Crippen molar-refractivity contribution in [1.29, 1.82) is 0 Å². The lowest BCUT2D eigenvalue weighted by Crippen LogP contribution is -2.46. The minimum absolute atomic E-state index is 0.0643. The second kappa shape index (κ2) is 12.4. The largest absolute Gasteiger partial charge is 0.493 e. The lowest BCUT2D eigenvalue weighted by molar-refractivity contribution is -0.132. The number of benzene rings is 2. The van der Waals surface area contributed by atoms with Gasteiger partial charge in [0.25, 0.3) is 5.91 Å². The lowest BCUT2D eigenvalue weighted by atomic mass is 10.1. The zero-order chi connectivity index (χ0) is 25.4. The summed E-state index contributed by atoms with van der Waals surface area (Å²) >= 11 is 1.58. The number of nitrogens with zero attached hydrogens (tertiary/aromatic N) is 2. The monoisotopic (exact) mass is 498 g/mol. The zero-order valence-corrected chi connectivity index (χ0v) is 21.3. The van der Waals surface area contributed by atoms with Gasteiger partial charge in [0.05, 0.1) is 20.8 Å². The summed E-state index contributed by atoms with van der Waals surface area (Å²) in [5.41, 5.74) is 1.36. The molecule has 0 aliphatic carbocycles. The van der Waals surface area contributed by atoms with E-state index in [0.717, 1.165) is 10.4 Å². The standard InChI is InChI=1S/C27H31FN2O4S/c1-19(2)30(27(32)21-8-10-22(28)11-9-21)18-26(31)29(17-23-6-5-15-35-23)14-13-20-7-12-24(33-3)25(16-20)34-4/h5-12,15-16,19H,13-14,17-18H2,1-4H3. The van der Waals surface area contributed by atoms with Crippen molar-refractivity contribution in [2.45, 2.75) is 32.9 Å². The zero-order valence-electron chi connectivity index (χ0n) is 20.5. The minimum Gasteiger partial charge on any atom is -0.493 e. The molecule has 6 nitrogen and oxygen atoms in total. The third kappa shape index (κ3) is 7.05. The summed E-state index contributed by atoms with van der Waals surface area (Å²) < 4.78 is 24.0. The molecule has 0 fully saturated rings. The molecule has 3 rings (SSSR count). The first-order valence-electron chi connectivity index (χ1n) is 11.4. The molecule has 0 saturated heterocycles. The Morgan fingerprint density at radius 2 is 1.71 bits per heavy atom. The fourth-order valence-corrected chi connectivity index (χ4v) is 4.40. The second-order valence-electron chi connectivity index (χ2n) is 8.37. The highest BCUT2D eigenvalue weighted by molar-refractivity contribution is 7.09. The summed E-state index contributed by atoms with van der Waals surface area (Å²) in [5.74, 6) is 0.421. The molecule has 186 valence electrons. The van der Waals surface area contributed by atoms with Crippen LogP contribution in [0.3, 0.4) is 0 Å². The van der Waals surface area contributed by atoms with Gasteiger partial charge in [-0.3, -0.25) is 9.59 Å². The van der Waals surface area contributed by atoms with Gasteiger partial charge in [0, 0.05) is 23.0 Å². The molecule has 0 aliphatic rings. The van der Waals surface area contributed by atoms with E-state index in [2.05, 4.69) is 0 Å². The molecule has 0 aliphatic heterocycles. The van der Waals surface area contributed by atoms with Crippen molar-refractivity contribution in [2.24, 2.45) is 0 Å². The predicted octanol–water partition coefficient (Wildman–Crippen LogP) is 5.03. The van der Waals surface area contributed by atoms with Gasteiger partial charge in [0.1, 0.15) is 12.4 Å². The van der Waals surface area contributed by atoms with E-state index in [1.165, 1.54) is 29.2 Å². The maximum Gasteiger partial charge on any atom is 0.254 e. The van der Waals surface area contributed by atoms with Gasteiger partial charge in [-0.25, -0.2) is 4.39 Å². The first-order valence-corrected chi connectivity index (χ1v) is 12.3. The third-order valence-corrected chi connectivity index (χ3v) is 6.54. The highest BCUT2D eigenvalue weighted by Crippen LogP contribution is 2.28. The van der Waals surface area contributed by atoms with E-state index in [9.17, 15) is 14.0 Å². The van der Waals surface area contributed by atoms with Crippen LogP contribution in [0.4, 0.5) is 4.39 Å². The first-order chi connectivity index (χ1) is 16.8. The smallest absolute Gasteiger partial charge is 0.254 e. The molecule has 35 heavy (non-hydrogen) atoms. The van der Waals surface area contributed by atoms with Crippen molar-refractivity contribution in [1.82, 2.24) is 9.80 Å². The van der Waals surface area contributed by atoms with Gasteiger partial charge in [0.2, 0.25) is 5.91 Å². The molecule has 1 aromatic heterocycles. The molecule has 3 aromatic rings. The molecule has 0 saturated carbocycles. The second-order valence-corrected chi connectivity index (χ2v) is 9.40. The van der Waals surface area contributed by atoms with Crippen LogP contribution in [0.15, 0.2) is 60.0 Å². The minimum atomic E-state index is -0.411. The molecular weight excluding hydrogens is 467 g/mol. The van der Waals surface area contributed by atoms with E-state index in [-0.39, 0.29) is 24.4 Å². The number of rotatable bonds is 11. The number of methoxy groups -OCH3 is 2. The van der Waals surface area contributed by atoms with E-state index >= 15 is 0 Å². The third-order valence-electron chi connectivity index (χ3n) is 5.68. The van der Waals surface area contributed by atoms with Crippen molar-refractivity contribution in [3.63, 3.8) is 0 Å². The SMILES string of the molecule is COc1ccc(CCN(Cc2cccs2)C(=O)CN(C(=O)c2ccc(F)cc2)C(C)C)cc1OC. The fraction of sp³-hybridized carbons (Fsp3) is 0.333. The topological polar surface area (TPSA) is 59.1 Å². The molecule has 0 unspecified atom stereocenters.